The van der Waals surface area contributed by atoms with E-state index in [4.69, 9.17) is 5.73 Å². The molecule has 0 aliphatic heterocycles. The molecule has 2 aromatic rings. The maximum absolute atomic E-state index is 11.9. The Balaban J connectivity index is 1.82. The Kier molecular flexibility index (Phi) is 4.97. The molecule has 0 saturated heterocycles. The maximum atomic E-state index is 11.9. The first-order valence-electron chi connectivity index (χ1n) is 6.13. The highest BCUT2D eigenvalue weighted by Gasteiger charge is 2.07. The number of amides is 1. The number of nitrogens with one attached hydrogen (secondary N) is 1. The van der Waals surface area contributed by atoms with E-state index in [1.54, 1.807) is 29.2 Å². The molecule has 0 aliphatic carbocycles. The second-order valence-corrected chi connectivity index (χ2v) is 6.83. The highest BCUT2D eigenvalue weighted by molar-refractivity contribution is 8.01. The SMILES string of the molecule is Cc1nnc(SCCC(=O)Nc2cc(N)ccc2C)s1. The number of carbonyl (C=O) groups excluding carboxylic acids is 1. The predicted octanol–water partition coefficient (Wildman–Crippen LogP) is 2.86. The lowest BCUT2D eigenvalue weighted by atomic mass is 10.2. The summed E-state index contributed by atoms with van der Waals surface area (Å²) in [5.74, 6) is 0.661. The number of carbonyl (C=O) groups is 1. The average Bonchev–Trinajstić information content (AvgIpc) is 2.80. The first-order chi connectivity index (χ1) is 9.54. The summed E-state index contributed by atoms with van der Waals surface area (Å²) in [5, 5.41) is 11.8. The van der Waals surface area contributed by atoms with Crippen molar-refractivity contribution in [3.8, 4) is 0 Å². The van der Waals surface area contributed by atoms with Crippen LogP contribution in [0.2, 0.25) is 0 Å². The first-order valence-corrected chi connectivity index (χ1v) is 7.93. The van der Waals surface area contributed by atoms with Crippen LogP contribution in [0.4, 0.5) is 11.4 Å². The largest absolute Gasteiger partial charge is 0.399 e. The molecule has 0 atom stereocenters. The average molecular weight is 308 g/mol. The number of nitrogen functional groups attached to an aromatic ring is 1. The molecule has 7 heteroatoms. The van der Waals surface area contributed by atoms with Crippen LogP contribution >= 0.6 is 23.1 Å². The fraction of sp³-hybridized carbons (Fsp3) is 0.308. The van der Waals surface area contributed by atoms with Gasteiger partial charge in [-0.25, -0.2) is 0 Å². The topological polar surface area (TPSA) is 80.9 Å². The van der Waals surface area contributed by atoms with Gasteiger partial charge in [-0.3, -0.25) is 4.79 Å². The molecule has 0 spiro atoms. The summed E-state index contributed by atoms with van der Waals surface area (Å²) in [5.41, 5.74) is 8.13. The first kappa shape index (κ1) is 14.8. The van der Waals surface area contributed by atoms with Crippen molar-refractivity contribution in [2.75, 3.05) is 16.8 Å². The minimum absolute atomic E-state index is 0.0209. The molecule has 0 fully saturated rings. The highest BCUT2D eigenvalue weighted by atomic mass is 32.2. The normalized spacial score (nSPS) is 10.5. The van der Waals surface area contributed by atoms with E-state index in [1.807, 2.05) is 26.0 Å². The summed E-state index contributed by atoms with van der Waals surface area (Å²) in [6, 6.07) is 5.48. The molecule has 0 saturated carbocycles. The molecule has 1 aromatic carbocycles. The molecule has 1 aromatic heterocycles. The number of hydrogen-bond acceptors (Lipinski definition) is 6. The van der Waals surface area contributed by atoms with Gasteiger partial charge in [0.25, 0.3) is 0 Å². The van der Waals surface area contributed by atoms with Crippen LogP contribution in [-0.2, 0) is 4.79 Å². The quantitative estimate of drug-likeness (QED) is 0.656. The summed E-state index contributed by atoms with van der Waals surface area (Å²) in [6.45, 7) is 3.85. The summed E-state index contributed by atoms with van der Waals surface area (Å²) in [7, 11) is 0. The van der Waals surface area contributed by atoms with Crippen LogP contribution in [0.5, 0.6) is 0 Å². The third-order valence-corrected chi connectivity index (χ3v) is 4.57. The Morgan fingerprint density at radius 2 is 2.20 bits per heavy atom. The van der Waals surface area contributed by atoms with Crippen molar-refractivity contribution in [1.29, 1.82) is 0 Å². The lowest BCUT2D eigenvalue weighted by Crippen LogP contribution is -2.13. The van der Waals surface area contributed by atoms with Crippen LogP contribution in [0.1, 0.15) is 17.0 Å². The molecule has 20 heavy (non-hydrogen) atoms. The van der Waals surface area contributed by atoms with Crippen molar-refractivity contribution in [3.05, 3.63) is 28.8 Å². The molecule has 3 N–H and O–H groups in total. The van der Waals surface area contributed by atoms with Gasteiger partial charge in [-0.05, 0) is 31.5 Å². The smallest absolute Gasteiger partial charge is 0.225 e. The van der Waals surface area contributed by atoms with Crippen LogP contribution in [0.3, 0.4) is 0 Å². The number of hydrogen-bond donors (Lipinski definition) is 2. The second kappa shape index (κ2) is 6.71. The van der Waals surface area contributed by atoms with E-state index in [1.165, 1.54) is 0 Å². The molecular formula is C13H16N4OS2. The fourth-order valence-corrected chi connectivity index (χ4v) is 3.38. The summed E-state index contributed by atoms with van der Waals surface area (Å²) >= 11 is 3.09. The number of nitrogens with two attached hydrogens (primary N) is 1. The number of aryl methyl sites for hydroxylation is 2. The Bertz CT molecular complexity index is 612. The third-order valence-electron chi connectivity index (χ3n) is 2.60. The minimum Gasteiger partial charge on any atom is -0.399 e. The molecule has 1 heterocycles. The van der Waals surface area contributed by atoms with Gasteiger partial charge in [0, 0.05) is 23.5 Å². The molecule has 0 radical (unpaired) electrons. The second-order valence-electron chi connectivity index (χ2n) is 4.31. The van der Waals surface area contributed by atoms with E-state index in [0.29, 0.717) is 17.9 Å². The van der Waals surface area contributed by atoms with Gasteiger partial charge in [0.1, 0.15) is 5.01 Å². The predicted molar refractivity (Wildman–Crippen MR) is 84.2 cm³/mol. The zero-order valence-corrected chi connectivity index (χ0v) is 13.0. The van der Waals surface area contributed by atoms with Gasteiger partial charge in [-0.2, -0.15) is 0 Å². The van der Waals surface area contributed by atoms with Gasteiger partial charge in [0.2, 0.25) is 5.91 Å². The molecule has 5 nitrogen and oxygen atoms in total. The lowest BCUT2D eigenvalue weighted by molar-refractivity contribution is -0.115. The Morgan fingerprint density at radius 1 is 1.40 bits per heavy atom. The number of rotatable bonds is 5. The number of anilines is 2. The van der Waals surface area contributed by atoms with Gasteiger partial charge in [-0.1, -0.05) is 29.2 Å². The van der Waals surface area contributed by atoms with Crippen LogP contribution in [0.15, 0.2) is 22.5 Å². The number of thioether (sulfide) groups is 1. The Labute approximate surface area is 126 Å². The van der Waals surface area contributed by atoms with Crippen molar-refractivity contribution >= 4 is 40.4 Å². The van der Waals surface area contributed by atoms with Gasteiger partial charge in [0.05, 0.1) is 0 Å². The summed E-state index contributed by atoms with van der Waals surface area (Å²) < 4.78 is 0.899. The van der Waals surface area contributed by atoms with Crippen LogP contribution < -0.4 is 11.1 Å². The van der Waals surface area contributed by atoms with Gasteiger partial charge < -0.3 is 11.1 Å². The van der Waals surface area contributed by atoms with Crippen molar-refractivity contribution in [1.82, 2.24) is 10.2 Å². The number of benzene rings is 1. The Hall–Kier alpha value is -1.60. The van der Waals surface area contributed by atoms with Crippen LogP contribution in [0, 0.1) is 13.8 Å². The zero-order valence-electron chi connectivity index (χ0n) is 11.3. The highest BCUT2D eigenvalue weighted by Crippen LogP contribution is 2.23. The number of aromatic nitrogens is 2. The Morgan fingerprint density at radius 3 is 2.90 bits per heavy atom. The standard InChI is InChI=1S/C13H16N4OS2/c1-8-3-4-10(14)7-11(8)15-12(18)5-6-19-13-17-16-9(2)20-13/h3-4,7H,5-6,14H2,1-2H3,(H,15,18). The molecule has 0 aliphatic rings. The van der Waals surface area contributed by atoms with Crippen molar-refractivity contribution in [2.24, 2.45) is 0 Å². The molecule has 0 unspecified atom stereocenters. The lowest BCUT2D eigenvalue weighted by Gasteiger charge is -2.08. The van der Waals surface area contributed by atoms with E-state index >= 15 is 0 Å². The zero-order chi connectivity index (χ0) is 14.5. The molecule has 2 rings (SSSR count). The van der Waals surface area contributed by atoms with Crippen LogP contribution in [-0.4, -0.2) is 21.9 Å². The van der Waals surface area contributed by atoms with Gasteiger partial charge in [-0.15, -0.1) is 10.2 Å². The van der Waals surface area contributed by atoms with Gasteiger partial charge in [0.15, 0.2) is 4.34 Å². The molecular weight excluding hydrogens is 292 g/mol. The van der Waals surface area contributed by atoms with Gasteiger partial charge >= 0.3 is 0 Å². The minimum atomic E-state index is -0.0209. The van der Waals surface area contributed by atoms with Crippen molar-refractivity contribution in [3.63, 3.8) is 0 Å². The monoisotopic (exact) mass is 308 g/mol. The molecule has 0 bridgehead atoms. The van der Waals surface area contributed by atoms with Crippen molar-refractivity contribution < 1.29 is 4.79 Å². The maximum Gasteiger partial charge on any atom is 0.225 e. The van der Waals surface area contributed by atoms with Crippen LogP contribution in [0.25, 0.3) is 0 Å². The van der Waals surface area contributed by atoms with E-state index in [0.717, 1.165) is 20.6 Å². The van der Waals surface area contributed by atoms with Crippen molar-refractivity contribution in [2.45, 2.75) is 24.6 Å². The van der Waals surface area contributed by atoms with E-state index < -0.39 is 0 Å². The summed E-state index contributed by atoms with van der Waals surface area (Å²) in [6.07, 6.45) is 0.428. The number of nitrogens with zero attached hydrogens (tertiary/aromatic N) is 2. The third kappa shape index (κ3) is 4.21. The van der Waals surface area contributed by atoms with E-state index in [-0.39, 0.29) is 5.91 Å². The molecule has 1 amide bonds. The van der Waals surface area contributed by atoms with E-state index in [2.05, 4.69) is 15.5 Å². The summed E-state index contributed by atoms with van der Waals surface area (Å²) in [4.78, 5) is 11.9. The molecule has 106 valence electrons. The van der Waals surface area contributed by atoms with E-state index in [9.17, 15) is 4.79 Å². The fourth-order valence-electron chi connectivity index (χ4n) is 1.55.